The number of hydrogen-bond acceptors (Lipinski definition) is 4. The number of aryl methyl sites for hydroxylation is 2. The zero-order valence-electron chi connectivity index (χ0n) is 14.5. The molecule has 5 nitrogen and oxygen atoms in total. The zero-order chi connectivity index (χ0) is 17.7. The smallest absolute Gasteiger partial charge is 0.265 e. The number of methoxy groups -OCH3 is 1. The molecule has 0 bridgehead atoms. The topological polar surface area (TPSA) is 67.4 Å². The van der Waals surface area contributed by atoms with Crippen molar-refractivity contribution in [3.05, 3.63) is 47.5 Å². The number of sulfonamides is 1. The van der Waals surface area contributed by atoms with Crippen molar-refractivity contribution in [1.29, 1.82) is 0 Å². The van der Waals surface area contributed by atoms with Gasteiger partial charge >= 0.3 is 0 Å². The summed E-state index contributed by atoms with van der Waals surface area (Å²) < 4.78 is 33.2. The van der Waals surface area contributed by atoms with Gasteiger partial charge < -0.3 is 10.1 Å². The fourth-order valence-corrected chi connectivity index (χ4v) is 3.56. The molecule has 0 saturated carbocycles. The van der Waals surface area contributed by atoms with E-state index >= 15 is 0 Å². The molecular weight excluding hydrogens is 324 g/mol. The summed E-state index contributed by atoms with van der Waals surface area (Å²) in [6, 6.07) is 10.6. The van der Waals surface area contributed by atoms with Crippen molar-refractivity contribution in [1.82, 2.24) is 0 Å². The Balaban J connectivity index is 2.27. The van der Waals surface area contributed by atoms with Crippen LogP contribution in [0, 0.1) is 13.8 Å². The molecule has 0 amide bonds. The van der Waals surface area contributed by atoms with Gasteiger partial charge in [-0.05, 0) is 67.8 Å². The molecule has 0 fully saturated rings. The number of anilines is 2. The van der Waals surface area contributed by atoms with E-state index in [-0.39, 0.29) is 4.90 Å². The van der Waals surface area contributed by atoms with Gasteiger partial charge in [-0.3, -0.25) is 4.72 Å². The Morgan fingerprint density at radius 1 is 1.00 bits per heavy atom. The third-order valence-corrected chi connectivity index (χ3v) is 5.19. The predicted octanol–water partition coefficient (Wildman–Crippen LogP) is 3.93. The summed E-state index contributed by atoms with van der Waals surface area (Å²) in [7, 11) is -2.25. The van der Waals surface area contributed by atoms with Gasteiger partial charge in [0.15, 0.2) is 0 Å². The minimum atomic E-state index is -3.72. The standard InChI is InChI=1S/C18H24N2O3S/c1-5-10-19-15-6-8-16(9-7-15)20-24(21,22)18-12-14(3)13(2)11-17(18)23-4/h6-9,11-12,19-20H,5,10H2,1-4H3. The van der Waals surface area contributed by atoms with E-state index in [9.17, 15) is 8.42 Å². The minimum Gasteiger partial charge on any atom is -0.495 e. The van der Waals surface area contributed by atoms with Crippen LogP contribution >= 0.6 is 0 Å². The van der Waals surface area contributed by atoms with Gasteiger partial charge in [-0.2, -0.15) is 0 Å². The highest BCUT2D eigenvalue weighted by Crippen LogP contribution is 2.29. The summed E-state index contributed by atoms with van der Waals surface area (Å²) in [5.74, 6) is 0.340. The molecule has 0 aliphatic heterocycles. The maximum Gasteiger partial charge on any atom is 0.265 e. The van der Waals surface area contributed by atoms with E-state index in [0.29, 0.717) is 11.4 Å². The van der Waals surface area contributed by atoms with E-state index < -0.39 is 10.0 Å². The van der Waals surface area contributed by atoms with Crippen molar-refractivity contribution in [3.63, 3.8) is 0 Å². The highest BCUT2D eigenvalue weighted by Gasteiger charge is 2.20. The number of hydrogen-bond donors (Lipinski definition) is 2. The monoisotopic (exact) mass is 348 g/mol. The molecule has 130 valence electrons. The lowest BCUT2D eigenvalue weighted by atomic mass is 10.1. The molecule has 2 aromatic rings. The van der Waals surface area contributed by atoms with Crippen molar-refractivity contribution in [2.75, 3.05) is 23.7 Å². The van der Waals surface area contributed by atoms with Crippen LogP contribution in [0.4, 0.5) is 11.4 Å². The molecule has 0 atom stereocenters. The van der Waals surface area contributed by atoms with Crippen molar-refractivity contribution in [3.8, 4) is 5.75 Å². The van der Waals surface area contributed by atoms with Crippen LogP contribution in [0.2, 0.25) is 0 Å². The van der Waals surface area contributed by atoms with Gasteiger partial charge in [0.25, 0.3) is 10.0 Å². The molecule has 0 radical (unpaired) electrons. The van der Waals surface area contributed by atoms with Gasteiger partial charge in [0, 0.05) is 17.9 Å². The van der Waals surface area contributed by atoms with Gasteiger partial charge in [0.1, 0.15) is 10.6 Å². The van der Waals surface area contributed by atoms with E-state index in [1.807, 2.05) is 26.0 Å². The first-order valence-electron chi connectivity index (χ1n) is 7.89. The van der Waals surface area contributed by atoms with Crippen LogP contribution in [0.15, 0.2) is 41.3 Å². The van der Waals surface area contributed by atoms with Gasteiger partial charge in [-0.15, -0.1) is 0 Å². The number of nitrogens with one attached hydrogen (secondary N) is 2. The third-order valence-electron chi connectivity index (χ3n) is 3.79. The molecule has 0 aromatic heterocycles. The Hall–Kier alpha value is -2.21. The first-order chi connectivity index (χ1) is 11.4. The lowest BCUT2D eigenvalue weighted by molar-refractivity contribution is 0.402. The maximum atomic E-state index is 12.7. The molecule has 2 rings (SSSR count). The number of ether oxygens (including phenoxy) is 1. The highest BCUT2D eigenvalue weighted by atomic mass is 32.2. The maximum absolute atomic E-state index is 12.7. The Kier molecular flexibility index (Phi) is 5.72. The summed E-state index contributed by atoms with van der Waals surface area (Å²) in [4.78, 5) is 0.140. The molecule has 2 N–H and O–H groups in total. The van der Waals surface area contributed by atoms with Crippen LogP contribution < -0.4 is 14.8 Å². The third kappa shape index (κ3) is 4.20. The van der Waals surface area contributed by atoms with Crippen LogP contribution in [0.1, 0.15) is 24.5 Å². The second-order valence-corrected chi connectivity index (χ2v) is 7.35. The summed E-state index contributed by atoms with van der Waals surface area (Å²) in [6.07, 6.45) is 1.03. The van der Waals surface area contributed by atoms with Gasteiger partial charge in [-0.1, -0.05) is 6.92 Å². The SMILES string of the molecule is CCCNc1ccc(NS(=O)(=O)c2cc(C)c(C)cc2OC)cc1. The van der Waals surface area contributed by atoms with Gasteiger partial charge in [-0.25, -0.2) is 8.42 Å². The molecule has 24 heavy (non-hydrogen) atoms. The van der Waals surface area contributed by atoms with Crippen LogP contribution in [-0.2, 0) is 10.0 Å². The van der Waals surface area contributed by atoms with Crippen LogP contribution in [0.3, 0.4) is 0 Å². The van der Waals surface area contributed by atoms with Crippen molar-refractivity contribution < 1.29 is 13.2 Å². The van der Waals surface area contributed by atoms with Crippen LogP contribution in [-0.4, -0.2) is 22.1 Å². The average Bonchev–Trinajstić information content (AvgIpc) is 2.56. The summed E-state index contributed by atoms with van der Waals surface area (Å²) in [6.45, 7) is 6.77. The second kappa shape index (κ2) is 7.57. The predicted molar refractivity (Wildman–Crippen MR) is 98.5 cm³/mol. The first kappa shape index (κ1) is 18.1. The fraction of sp³-hybridized carbons (Fsp3) is 0.333. The molecule has 6 heteroatoms. The zero-order valence-corrected chi connectivity index (χ0v) is 15.3. The van der Waals surface area contributed by atoms with Crippen LogP contribution in [0.5, 0.6) is 5.75 Å². The van der Waals surface area contributed by atoms with E-state index in [2.05, 4.69) is 17.0 Å². The summed E-state index contributed by atoms with van der Waals surface area (Å²) in [5.41, 5.74) is 3.35. The molecule has 0 saturated heterocycles. The molecule has 0 unspecified atom stereocenters. The fourth-order valence-electron chi connectivity index (χ4n) is 2.27. The lowest BCUT2D eigenvalue weighted by Gasteiger charge is -2.14. The Morgan fingerprint density at radius 2 is 1.58 bits per heavy atom. The highest BCUT2D eigenvalue weighted by molar-refractivity contribution is 7.92. The van der Waals surface area contributed by atoms with E-state index in [1.165, 1.54) is 7.11 Å². The number of rotatable bonds is 7. The molecule has 2 aromatic carbocycles. The van der Waals surface area contributed by atoms with Crippen LogP contribution in [0.25, 0.3) is 0 Å². The van der Waals surface area contributed by atoms with E-state index in [0.717, 1.165) is 29.8 Å². The normalized spacial score (nSPS) is 11.2. The Bertz CT molecular complexity index is 800. The largest absolute Gasteiger partial charge is 0.495 e. The average molecular weight is 348 g/mol. The summed E-state index contributed by atoms with van der Waals surface area (Å²) >= 11 is 0. The molecular formula is C18H24N2O3S. The number of benzene rings is 2. The lowest BCUT2D eigenvalue weighted by Crippen LogP contribution is -2.14. The summed E-state index contributed by atoms with van der Waals surface area (Å²) in [5, 5.41) is 3.25. The van der Waals surface area contributed by atoms with Gasteiger partial charge in [0.05, 0.1) is 7.11 Å². The Labute approximate surface area is 144 Å². The van der Waals surface area contributed by atoms with Crippen molar-refractivity contribution >= 4 is 21.4 Å². The molecule has 0 aliphatic rings. The van der Waals surface area contributed by atoms with Crippen molar-refractivity contribution in [2.24, 2.45) is 0 Å². The molecule has 0 heterocycles. The Morgan fingerprint density at radius 3 is 2.17 bits per heavy atom. The molecule has 0 spiro atoms. The quantitative estimate of drug-likeness (QED) is 0.795. The van der Waals surface area contributed by atoms with Crippen molar-refractivity contribution in [2.45, 2.75) is 32.1 Å². The van der Waals surface area contributed by atoms with E-state index in [1.54, 1.807) is 24.3 Å². The minimum absolute atomic E-state index is 0.140. The first-order valence-corrected chi connectivity index (χ1v) is 9.37. The van der Waals surface area contributed by atoms with Gasteiger partial charge in [0.2, 0.25) is 0 Å². The second-order valence-electron chi connectivity index (χ2n) is 5.70. The van der Waals surface area contributed by atoms with E-state index in [4.69, 9.17) is 4.74 Å². The molecule has 0 aliphatic carbocycles.